The molecule has 0 aliphatic carbocycles. The Balaban J connectivity index is 2.32. The molecule has 1 aliphatic rings. The SMILES string of the molecule is CCN(c1ccccc1)S(=O)(=O)N1CC1. The zero-order valence-corrected chi connectivity index (χ0v) is 9.44. The first-order valence-electron chi connectivity index (χ1n) is 4.99. The summed E-state index contributed by atoms with van der Waals surface area (Å²) in [7, 11) is -3.26. The van der Waals surface area contributed by atoms with E-state index in [2.05, 4.69) is 0 Å². The van der Waals surface area contributed by atoms with Crippen LogP contribution in [0.15, 0.2) is 30.3 Å². The molecule has 1 heterocycles. The van der Waals surface area contributed by atoms with Gasteiger partial charge < -0.3 is 0 Å². The Labute approximate surface area is 90.3 Å². The number of nitrogens with zero attached hydrogens (tertiary/aromatic N) is 2. The van der Waals surface area contributed by atoms with E-state index in [9.17, 15) is 8.42 Å². The third kappa shape index (κ3) is 1.98. The monoisotopic (exact) mass is 226 g/mol. The predicted molar refractivity (Wildman–Crippen MR) is 60.0 cm³/mol. The maximum Gasteiger partial charge on any atom is 0.304 e. The van der Waals surface area contributed by atoms with Crippen molar-refractivity contribution in [1.29, 1.82) is 0 Å². The lowest BCUT2D eigenvalue weighted by molar-refractivity contribution is 0.558. The lowest BCUT2D eigenvalue weighted by Gasteiger charge is -2.22. The molecule has 2 rings (SSSR count). The minimum atomic E-state index is -3.26. The summed E-state index contributed by atoms with van der Waals surface area (Å²) in [5.41, 5.74) is 0.729. The summed E-state index contributed by atoms with van der Waals surface area (Å²) >= 11 is 0. The molecule has 0 unspecified atom stereocenters. The third-order valence-electron chi connectivity index (χ3n) is 2.34. The number of rotatable bonds is 4. The van der Waals surface area contributed by atoms with Crippen LogP contribution in [0.4, 0.5) is 5.69 Å². The van der Waals surface area contributed by atoms with Gasteiger partial charge in [0.25, 0.3) is 0 Å². The largest absolute Gasteiger partial charge is 0.304 e. The fourth-order valence-corrected chi connectivity index (χ4v) is 3.02. The molecule has 15 heavy (non-hydrogen) atoms. The molecule has 0 amide bonds. The zero-order chi connectivity index (χ0) is 10.9. The molecular formula is C10H14N2O2S. The first kappa shape index (κ1) is 10.4. The second-order valence-electron chi connectivity index (χ2n) is 3.41. The fourth-order valence-electron chi connectivity index (χ4n) is 1.48. The van der Waals surface area contributed by atoms with Crippen molar-refractivity contribution in [3.8, 4) is 0 Å². The van der Waals surface area contributed by atoms with Crippen molar-refractivity contribution in [2.75, 3.05) is 23.9 Å². The van der Waals surface area contributed by atoms with E-state index in [1.807, 2.05) is 37.3 Å². The van der Waals surface area contributed by atoms with Crippen LogP contribution in [0.3, 0.4) is 0 Å². The van der Waals surface area contributed by atoms with Crippen LogP contribution < -0.4 is 4.31 Å². The van der Waals surface area contributed by atoms with Gasteiger partial charge in [0.05, 0.1) is 5.69 Å². The van der Waals surface area contributed by atoms with Crippen LogP contribution in [0.2, 0.25) is 0 Å². The lowest BCUT2D eigenvalue weighted by Crippen LogP contribution is -2.35. The summed E-state index contributed by atoms with van der Waals surface area (Å²) in [6.45, 7) is 3.59. The molecule has 0 saturated carbocycles. The highest BCUT2D eigenvalue weighted by molar-refractivity contribution is 7.90. The molecular weight excluding hydrogens is 212 g/mol. The molecule has 1 aromatic rings. The van der Waals surface area contributed by atoms with E-state index in [1.54, 1.807) is 0 Å². The van der Waals surface area contributed by atoms with Gasteiger partial charge in [-0.2, -0.15) is 12.7 Å². The lowest BCUT2D eigenvalue weighted by atomic mass is 10.3. The van der Waals surface area contributed by atoms with E-state index in [0.29, 0.717) is 19.6 Å². The van der Waals surface area contributed by atoms with Gasteiger partial charge in [-0.05, 0) is 19.1 Å². The van der Waals surface area contributed by atoms with E-state index in [-0.39, 0.29) is 0 Å². The van der Waals surface area contributed by atoms with Crippen molar-refractivity contribution in [2.45, 2.75) is 6.92 Å². The fraction of sp³-hybridized carbons (Fsp3) is 0.400. The number of benzene rings is 1. The van der Waals surface area contributed by atoms with Gasteiger partial charge in [0.2, 0.25) is 0 Å². The molecule has 0 atom stereocenters. The minimum absolute atomic E-state index is 0.461. The standard InChI is InChI=1S/C10H14N2O2S/c1-2-12(10-6-4-3-5-7-10)15(13,14)11-8-9-11/h3-7H,2,8-9H2,1H3. The zero-order valence-electron chi connectivity index (χ0n) is 8.63. The number of hydrogen-bond acceptors (Lipinski definition) is 2. The molecule has 0 spiro atoms. The average molecular weight is 226 g/mol. The molecule has 4 nitrogen and oxygen atoms in total. The van der Waals surface area contributed by atoms with Gasteiger partial charge in [-0.25, -0.2) is 0 Å². The second kappa shape index (κ2) is 3.83. The van der Waals surface area contributed by atoms with Crippen molar-refractivity contribution in [1.82, 2.24) is 4.31 Å². The Hall–Kier alpha value is -1.07. The molecule has 0 bridgehead atoms. The van der Waals surface area contributed by atoms with Gasteiger partial charge in [0, 0.05) is 19.6 Å². The molecule has 5 heteroatoms. The summed E-state index contributed by atoms with van der Waals surface area (Å²) in [4.78, 5) is 0. The first-order valence-corrected chi connectivity index (χ1v) is 6.39. The Morgan fingerprint density at radius 2 is 1.87 bits per heavy atom. The van der Waals surface area contributed by atoms with Gasteiger partial charge in [-0.3, -0.25) is 4.31 Å². The highest BCUT2D eigenvalue weighted by Crippen LogP contribution is 2.23. The van der Waals surface area contributed by atoms with E-state index >= 15 is 0 Å². The first-order chi connectivity index (χ1) is 7.16. The maximum atomic E-state index is 12.0. The van der Waals surface area contributed by atoms with Crippen molar-refractivity contribution in [3.05, 3.63) is 30.3 Å². The van der Waals surface area contributed by atoms with Crippen molar-refractivity contribution < 1.29 is 8.42 Å². The van der Waals surface area contributed by atoms with E-state index < -0.39 is 10.2 Å². The molecule has 0 aromatic heterocycles. The van der Waals surface area contributed by atoms with Gasteiger partial charge in [0.15, 0.2) is 0 Å². The van der Waals surface area contributed by atoms with E-state index in [1.165, 1.54) is 8.61 Å². The smallest absolute Gasteiger partial charge is 0.258 e. The number of para-hydroxylation sites is 1. The van der Waals surface area contributed by atoms with E-state index in [0.717, 1.165) is 5.69 Å². The minimum Gasteiger partial charge on any atom is -0.258 e. The second-order valence-corrected chi connectivity index (χ2v) is 5.26. The van der Waals surface area contributed by atoms with Gasteiger partial charge in [-0.1, -0.05) is 18.2 Å². The van der Waals surface area contributed by atoms with Crippen molar-refractivity contribution in [2.24, 2.45) is 0 Å². The summed E-state index contributed by atoms with van der Waals surface area (Å²) in [6.07, 6.45) is 0. The molecule has 1 aromatic carbocycles. The summed E-state index contributed by atoms with van der Waals surface area (Å²) in [5.74, 6) is 0. The summed E-state index contributed by atoms with van der Waals surface area (Å²) < 4.78 is 26.8. The average Bonchev–Trinajstić information content (AvgIpc) is 3.03. The van der Waals surface area contributed by atoms with Crippen LogP contribution in [-0.4, -0.2) is 32.4 Å². The Kier molecular flexibility index (Phi) is 2.67. The van der Waals surface area contributed by atoms with Crippen LogP contribution in [0.5, 0.6) is 0 Å². The third-order valence-corrected chi connectivity index (χ3v) is 4.39. The topological polar surface area (TPSA) is 40.4 Å². The van der Waals surface area contributed by atoms with E-state index in [4.69, 9.17) is 0 Å². The van der Waals surface area contributed by atoms with Gasteiger partial charge >= 0.3 is 10.2 Å². The predicted octanol–water partition coefficient (Wildman–Crippen LogP) is 1.07. The summed E-state index contributed by atoms with van der Waals surface area (Å²) in [6, 6.07) is 9.18. The highest BCUT2D eigenvalue weighted by Gasteiger charge is 2.36. The van der Waals surface area contributed by atoms with Crippen LogP contribution in [-0.2, 0) is 10.2 Å². The van der Waals surface area contributed by atoms with Gasteiger partial charge in [-0.15, -0.1) is 0 Å². The molecule has 0 N–H and O–H groups in total. The number of anilines is 1. The number of hydrogen-bond donors (Lipinski definition) is 0. The van der Waals surface area contributed by atoms with Gasteiger partial charge in [0.1, 0.15) is 0 Å². The molecule has 1 fully saturated rings. The Bertz CT molecular complexity index is 426. The highest BCUT2D eigenvalue weighted by atomic mass is 32.2. The Morgan fingerprint density at radius 1 is 1.27 bits per heavy atom. The maximum absolute atomic E-state index is 12.0. The molecule has 0 radical (unpaired) electrons. The molecule has 1 aliphatic heterocycles. The normalized spacial score (nSPS) is 16.3. The molecule has 82 valence electrons. The summed E-state index contributed by atoms with van der Waals surface area (Å²) in [5, 5.41) is 0. The van der Waals surface area contributed by atoms with Crippen molar-refractivity contribution >= 4 is 15.9 Å². The molecule has 1 saturated heterocycles. The van der Waals surface area contributed by atoms with Crippen LogP contribution >= 0.6 is 0 Å². The van der Waals surface area contributed by atoms with Crippen LogP contribution in [0.25, 0.3) is 0 Å². The quantitative estimate of drug-likeness (QED) is 0.721. The van der Waals surface area contributed by atoms with Crippen LogP contribution in [0.1, 0.15) is 6.92 Å². The van der Waals surface area contributed by atoms with Crippen molar-refractivity contribution in [3.63, 3.8) is 0 Å². The van der Waals surface area contributed by atoms with Crippen LogP contribution in [0, 0.1) is 0 Å². The Morgan fingerprint density at radius 3 is 2.33 bits per heavy atom.